The van der Waals surface area contributed by atoms with Gasteiger partial charge in [0, 0.05) is 37.0 Å². The zero-order valence-electron chi connectivity index (χ0n) is 13.9. The van der Waals surface area contributed by atoms with Crippen molar-refractivity contribution < 1.29 is 9.59 Å². The molecule has 0 aliphatic carbocycles. The highest BCUT2D eigenvalue weighted by Gasteiger charge is 2.30. The minimum absolute atomic E-state index is 0. The van der Waals surface area contributed by atoms with Crippen LogP contribution in [0.25, 0.3) is 0 Å². The molecule has 2 heterocycles. The lowest BCUT2D eigenvalue weighted by molar-refractivity contribution is -0.138. The summed E-state index contributed by atoms with van der Waals surface area (Å²) in [5, 5.41) is 6.61. The van der Waals surface area contributed by atoms with Crippen molar-refractivity contribution in [3.8, 4) is 0 Å². The molecule has 0 saturated carbocycles. The predicted molar refractivity (Wildman–Crippen MR) is 90.0 cm³/mol. The zero-order chi connectivity index (χ0) is 15.4. The van der Waals surface area contributed by atoms with Crippen molar-refractivity contribution in [1.82, 2.24) is 15.5 Å². The Kier molecular flexibility index (Phi) is 7.63. The molecule has 6 heteroatoms. The second kappa shape index (κ2) is 8.73. The van der Waals surface area contributed by atoms with E-state index in [-0.39, 0.29) is 42.1 Å². The molecule has 0 radical (unpaired) electrons. The van der Waals surface area contributed by atoms with Crippen LogP contribution in [0.5, 0.6) is 0 Å². The fourth-order valence-corrected chi connectivity index (χ4v) is 3.27. The molecule has 5 nitrogen and oxygen atoms in total. The maximum Gasteiger partial charge on any atom is 0.225 e. The smallest absolute Gasteiger partial charge is 0.225 e. The van der Waals surface area contributed by atoms with Crippen LogP contribution in [0.4, 0.5) is 0 Å². The predicted octanol–water partition coefficient (Wildman–Crippen LogP) is 1.56. The van der Waals surface area contributed by atoms with Crippen LogP contribution >= 0.6 is 12.4 Å². The van der Waals surface area contributed by atoms with Crippen LogP contribution < -0.4 is 10.6 Å². The highest BCUT2D eigenvalue weighted by atomic mass is 35.5. The number of rotatable bonds is 3. The Balaban J connectivity index is 0.00000242. The molecule has 0 spiro atoms. The van der Waals surface area contributed by atoms with Crippen LogP contribution in [0.2, 0.25) is 0 Å². The third-order valence-corrected chi connectivity index (χ3v) is 4.76. The Hall–Kier alpha value is -0.810. The fraction of sp³-hybridized carbons (Fsp3) is 0.875. The highest BCUT2D eigenvalue weighted by Crippen LogP contribution is 2.20. The highest BCUT2D eigenvalue weighted by molar-refractivity contribution is 5.85. The first kappa shape index (κ1) is 19.2. The van der Waals surface area contributed by atoms with E-state index in [1.54, 1.807) is 0 Å². The van der Waals surface area contributed by atoms with E-state index < -0.39 is 0 Å². The number of nitrogens with zero attached hydrogens (tertiary/aromatic N) is 1. The van der Waals surface area contributed by atoms with Gasteiger partial charge in [-0.25, -0.2) is 0 Å². The van der Waals surface area contributed by atoms with E-state index in [0.717, 1.165) is 32.2 Å². The fourth-order valence-electron chi connectivity index (χ4n) is 3.27. The molecule has 0 aromatic rings. The molecule has 0 aromatic carbocycles. The number of piperidine rings is 2. The summed E-state index contributed by atoms with van der Waals surface area (Å²) < 4.78 is 0. The number of likely N-dealkylation sites (tertiary alicyclic amines) is 1. The van der Waals surface area contributed by atoms with Crippen LogP contribution in [0.3, 0.4) is 0 Å². The van der Waals surface area contributed by atoms with Crippen molar-refractivity contribution in [2.75, 3.05) is 19.6 Å². The Morgan fingerprint density at radius 1 is 1.18 bits per heavy atom. The molecule has 2 atom stereocenters. The molecule has 22 heavy (non-hydrogen) atoms. The van der Waals surface area contributed by atoms with Gasteiger partial charge in [0.15, 0.2) is 0 Å². The van der Waals surface area contributed by atoms with Crippen LogP contribution in [-0.4, -0.2) is 48.4 Å². The molecule has 2 aliphatic rings. The molecule has 2 unspecified atom stereocenters. The topological polar surface area (TPSA) is 61.4 Å². The van der Waals surface area contributed by atoms with Crippen molar-refractivity contribution in [2.24, 2.45) is 11.8 Å². The van der Waals surface area contributed by atoms with E-state index in [2.05, 4.69) is 17.6 Å². The Morgan fingerprint density at radius 2 is 1.82 bits per heavy atom. The molecule has 2 saturated heterocycles. The summed E-state index contributed by atoms with van der Waals surface area (Å²) in [6.45, 7) is 8.47. The third-order valence-electron chi connectivity index (χ3n) is 4.76. The second-order valence-corrected chi connectivity index (χ2v) is 6.75. The van der Waals surface area contributed by atoms with Gasteiger partial charge in [-0.1, -0.05) is 13.8 Å². The van der Waals surface area contributed by atoms with Gasteiger partial charge in [0.25, 0.3) is 0 Å². The number of hydrogen-bond donors (Lipinski definition) is 2. The van der Waals surface area contributed by atoms with Crippen LogP contribution in [-0.2, 0) is 9.59 Å². The average molecular weight is 332 g/mol. The first-order valence-electron chi connectivity index (χ1n) is 8.31. The number of nitrogens with one attached hydrogen (secondary N) is 2. The standard InChI is InChI=1S/C16H29N3O2.ClH/c1-11(2)16(21)19-9-6-13(7-10-19)15(20)18-14-5-4-8-17-12(14)3;/h11-14,17H,4-10H2,1-3H3,(H,18,20);1H. The van der Waals surface area contributed by atoms with Gasteiger partial charge < -0.3 is 15.5 Å². The monoisotopic (exact) mass is 331 g/mol. The van der Waals surface area contributed by atoms with Gasteiger partial charge in [0.1, 0.15) is 0 Å². The van der Waals surface area contributed by atoms with Gasteiger partial charge in [0.2, 0.25) is 11.8 Å². The van der Waals surface area contributed by atoms with E-state index in [9.17, 15) is 9.59 Å². The van der Waals surface area contributed by atoms with Crippen molar-refractivity contribution in [2.45, 2.75) is 58.5 Å². The summed E-state index contributed by atoms with van der Waals surface area (Å²) >= 11 is 0. The van der Waals surface area contributed by atoms with Crippen molar-refractivity contribution in [3.63, 3.8) is 0 Å². The van der Waals surface area contributed by atoms with Gasteiger partial charge in [-0.3, -0.25) is 9.59 Å². The molecular weight excluding hydrogens is 302 g/mol. The SMILES string of the molecule is CC(C)C(=O)N1CCC(C(=O)NC2CCCNC2C)CC1.Cl. The van der Waals surface area contributed by atoms with Crippen molar-refractivity contribution in [3.05, 3.63) is 0 Å². The second-order valence-electron chi connectivity index (χ2n) is 6.75. The third kappa shape index (κ3) is 4.85. The Bertz CT molecular complexity index is 382. The molecular formula is C16H30ClN3O2. The zero-order valence-corrected chi connectivity index (χ0v) is 14.7. The number of carbonyl (C=O) groups excluding carboxylic acids is 2. The molecule has 0 aromatic heterocycles. The minimum Gasteiger partial charge on any atom is -0.352 e. The maximum absolute atomic E-state index is 12.4. The van der Waals surface area contributed by atoms with Crippen LogP contribution in [0.1, 0.15) is 46.5 Å². The summed E-state index contributed by atoms with van der Waals surface area (Å²) in [7, 11) is 0. The van der Waals surface area contributed by atoms with E-state index >= 15 is 0 Å². The van der Waals surface area contributed by atoms with Crippen LogP contribution in [0, 0.1) is 11.8 Å². The summed E-state index contributed by atoms with van der Waals surface area (Å²) in [6, 6.07) is 0.604. The van der Waals surface area contributed by atoms with Gasteiger partial charge in [0.05, 0.1) is 0 Å². The summed E-state index contributed by atoms with van der Waals surface area (Å²) in [5.41, 5.74) is 0. The lowest BCUT2D eigenvalue weighted by atomic mass is 9.93. The molecule has 2 aliphatic heterocycles. The van der Waals surface area contributed by atoms with Crippen LogP contribution in [0.15, 0.2) is 0 Å². The molecule has 0 bridgehead atoms. The lowest BCUT2D eigenvalue weighted by Gasteiger charge is -2.35. The first-order chi connectivity index (χ1) is 9.99. The van der Waals surface area contributed by atoms with Crippen molar-refractivity contribution >= 4 is 24.2 Å². The number of carbonyl (C=O) groups is 2. The average Bonchev–Trinajstić information content (AvgIpc) is 2.49. The molecule has 2 rings (SSSR count). The summed E-state index contributed by atoms with van der Waals surface area (Å²) in [6.07, 6.45) is 3.76. The molecule has 2 fully saturated rings. The number of amides is 2. The molecule has 2 amide bonds. The van der Waals surface area contributed by atoms with E-state index in [4.69, 9.17) is 0 Å². The normalized spacial score (nSPS) is 26.5. The molecule has 2 N–H and O–H groups in total. The maximum atomic E-state index is 12.4. The van der Waals surface area contributed by atoms with E-state index in [0.29, 0.717) is 19.1 Å². The first-order valence-corrected chi connectivity index (χ1v) is 8.31. The largest absolute Gasteiger partial charge is 0.352 e. The quantitative estimate of drug-likeness (QED) is 0.825. The number of halogens is 1. The van der Waals surface area contributed by atoms with Gasteiger partial charge in [-0.2, -0.15) is 0 Å². The van der Waals surface area contributed by atoms with E-state index in [1.807, 2.05) is 18.7 Å². The van der Waals surface area contributed by atoms with Gasteiger partial charge in [-0.15, -0.1) is 12.4 Å². The Morgan fingerprint density at radius 3 is 2.36 bits per heavy atom. The number of hydrogen-bond acceptors (Lipinski definition) is 3. The lowest BCUT2D eigenvalue weighted by Crippen LogP contribution is -2.54. The van der Waals surface area contributed by atoms with Gasteiger partial charge >= 0.3 is 0 Å². The minimum atomic E-state index is 0. The van der Waals surface area contributed by atoms with E-state index in [1.165, 1.54) is 0 Å². The van der Waals surface area contributed by atoms with Crippen molar-refractivity contribution in [1.29, 1.82) is 0 Å². The molecule has 128 valence electrons. The Labute approximate surface area is 140 Å². The summed E-state index contributed by atoms with van der Waals surface area (Å²) in [4.78, 5) is 26.2. The van der Waals surface area contributed by atoms with Gasteiger partial charge in [-0.05, 0) is 39.2 Å². The summed E-state index contributed by atoms with van der Waals surface area (Å²) in [5.74, 6) is 0.492.